The summed E-state index contributed by atoms with van der Waals surface area (Å²) in [6.07, 6.45) is 5.34. The van der Waals surface area contributed by atoms with Crippen LogP contribution in [0.2, 0.25) is 0 Å². The van der Waals surface area contributed by atoms with E-state index < -0.39 is 5.16 Å². The Balaban J connectivity index is 1.34. The first kappa shape index (κ1) is 34.8. The molecule has 12 heteroatoms. The fourth-order valence-electron chi connectivity index (χ4n) is 7.75. The highest BCUT2D eigenvalue weighted by molar-refractivity contribution is 6.18. The van der Waals surface area contributed by atoms with Crippen LogP contribution >= 0.6 is 0 Å². The van der Waals surface area contributed by atoms with Gasteiger partial charge in [-0.25, -0.2) is 0 Å². The van der Waals surface area contributed by atoms with Crippen LogP contribution in [0.3, 0.4) is 0 Å². The first-order valence-electron chi connectivity index (χ1n) is 17.2. The first-order chi connectivity index (χ1) is 23.6. The summed E-state index contributed by atoms with van der Waals surface area (Å²) in [5.41, 5.74) is 4.31. The van der Waals surface area contributed by atoms with Crippen molar-refractivity contribution in [3.05, 3.63) is 65.4 Å². The van der Waals surface area contributed by atoms with Gasteiger partial charge in [-0.2, -0.15) is 15.2 Å². The summed E-state index contributed by atoms with van der Waals surface area (Å²) in [6, 6.07) is 15.7. The number of methoxy groups -OCH3 is 2. The molecule has 2 saturated heterocycles. The number of likely N-dealkylation sites (N-methyl/N-ethyl adjacent to an activating group) is 1. The van der Waals surface area contributed by atoms with E-state index in [0.29, 0.717) is 55.6 Å². The number of piperazine rings is 1. The number of carbonyl (C=O) groups is 1. The molecule has 0 radical (unpaired) electrons. The predicted molar refractivity (Wildman–Crippen MR) is 195 cm³/mol. The van der Waals surface area contributed by atoms with Crippen molar-refractivity contribution >= 4 is 38.4 Å². The van der Waals surface area contributed by atoms with Crippen LogP contribution < -0.4 is 14.5 Å². The van der Waals surface area contributed by atoms with E-state index in [4.69, 9.17) is 24.2 Å². The zero-order chi connectivity index (χ0) is 34.8. The number of aromatic nitrogens is 2. The number of aryl methyl sites for hydroxylation is 1. The standard InChI is InChI=1S/C37H49N7O4Si/c1-26-9-6-10-27-11-7-12-31(33(26)27)42-17-14-29-30(23-42)39-35(48-25-36(2)21-28(47-5)22-41(36)3)40-34(29)43-18-19-44(32(45)13-8-20-46-4)37(49,24-43)15-16-38/h6-13,28H,14-15,17-25H2,1-5,49H3/b13-8+/t28-,36-,37+/m1/s1. The van der Waals surface area contributed by atoms with Crippen molar-refractivity contribution in [3.63, 3.8) is 0 Å². The molecular weight excluding hydrogens is 635 g/mol. The lowest BCUT2D eigenvalue weighted by molar-refractivity contribution is -0.130. The second-order valence-corrected chi connectivity index (χ2v) is 16.1. The second-order valence-electron chi connectivity index (χ2n) is 14.2. The van der Waals surface area contributed by atoms with Crippen LogP contribution in [-0.4, -0.2) is 120 Å². The molecule has 4 heterocycles. The maximum atomic E-state index is 13.3. The van der Waals surface area contributed by atoms with Gasteiger partial charge in [0.05, 0.1) is 48.1 Å². The lowest BCUT2D eigenvalue weighted by Crippen LogP contribution is -2.64. The maximum absolute atomic E-state index is 13.3. The number of carbonyl (C=O) groups excluding carboxylic acids is 1. The molecule has 1 amide bonds. The Morgan fingerprint density at radius 3 is 2.67 bits per heavy atom. The zero-order valence-electron chi connectivity index (χ0n) is 29.7. The van der Waals surface area contributed by atoms with Gasteiger partial charge in [-0.3, -0.25) is 9.69 Å². The molecule has 6 rings (SSSR count). The highest BCUT2D eigenvalue weighted by Crippen LogP contribution is 2.37. The number of hydrogen-bond donors (Lipinski definition) is 0. The minimum Gasteiger partial charge on any atom is -0.461 e. The van der Waals surface area contributed by atoms with E-state index in [2.05, 4.69) is 78.1 Å². The van der Waals surface area contributed by atoms with Gasteiger partial charge in [0.15, 0.2) is 0 Å². The first-order valence-corrected chi connectivity index (χ1v) is 18.2. The van der Waals surface area contributed by atoms with Crippen molar-refractivity contribution in [1.82, 2.24) is 19.8 Å². The molecule has 3 atom stereocenters. The molecule has 11 nitrogen and oxygen atoms in total. The van der Waals surface area contributed by atoms with Gasteiger partial charge < -0.3 is 28.9 Å². The number of nitrogens with zero attached hydrogens (tertiary/aromatic N) is 7. The topological polar surface area (TPSA) is 107 Å². The van der Waals surface area contributed by atoms with Gasteiger partial charge in [-0.1, -0.05) is 36.4 Å². The largest absolute Gasteiger partial charge is 0.461 e. The average Bonchev–Trinajstić information content (AvgIpc) is 3.39. The number of hydrogen-bond acceptors (Lipinski definition) is 10. The number of nitriles is 1. The highest BCUT2D eigenvalue weighted by Gasteiger charge is 2.43. The number of anilines is 2. The summed E-state index contributed by atoms with van der Waals surface area (Å²) in [6.45, 7) is 9.10. The third-order valence-corrected chi connectivity index (χ3v) is 11.9. The van der Waals surface area contributed by atoms with Gasteiger partial charge in [0, 0.05) is 79.9 Å². The number of rotatable bonds is 10. The Hall–Kier alpha value is -4.02. The minimum atomic E-state index is -0.573. The fraction of sp³-hybridized carbons (Fsp3) is 0.514. The zero-order valence-corrected chi connectivity index (χ0v) is 31.7. The molecule has 0 unspecified atom stereocenters. The molecule has 0 saturated carbocycles. The van der Waals surface area contributed by atoms with Crippen molar-refractivity contribution < 1.29 is 19.0 Å². The summed E-state index contributed by atoms with van der Waals surface area (Å²) in [7, 11) is 6.10. The van der Waals surface area contributed by atoms with Crippen LogP contribution in [0.1, 0.15) is 36.6 Å². The van der Waals surface area contributed by atoms with Gasteiger partial charge in [0.2, 0.25) is 5.91 Å². The second kappa shape index (κ2) is 14.4. The van der Waals surface area contributed by atoms with E-state index in [1.165, 1.54) is 22.0 Å². The summed E-state index contributed by atoms with van der Waals surface area (Å²) >= 11 is 0. The molecule has 0 spiro atoms. The van der Waals surface area contributed by atoms with Crippen LogP contribution in [0.25, 0.3) is 10.8 Å². The van der Waals surface area contributed by atoms with Crippen molar-refractivity contribution in [2.75, 3.05) is 77.0 Å². The molecule has 49 heavy (non-hydrogen) atoms. The van der Waals surface area contributed by atoms with Gasteiger partial charge in [-0.05, 0) is 50.8 Å². The van der Waals surface area contributed by atoms with Crippen LogP contribution in [-0.2, 0) is 27.2 Å². The van der Waals surface area contributed by atoms with E-state index in [-0.39, 0.29) is 24.0 Å². The predicted octanol–water partition coefficient (Wildman–Crippen LogP) is 2.82. The van der Waals surface area contributed by atoms with Gasteiger partial charge in [0.25, 0.3) is 0 Å². The van der Waals surface area contributed by atoms with Crippen molar-refractivity contribution in [1.29, 1.82) is 5.26 Å². The minimum absolute atomic E-state index is 0.0833. The van der Waals surface area contributed by atoms with E-state index in [1.807, 2.05) is 4.90 Å². The Morgan fingerprint density at radius 1 is 1.14 bits per heavy atom. The maximum Gasteiger partial charge on any atom is 0.318 e. The SMILES string of the molecule is COC/C=C/C(=O)N1CCN(c2nc(OC[C@@]3(C)C[C@@H](OC)CN3C)nc3c2CCN(c2cccc4cccc(C)c24)C3)C[C@@]1([SiH3])CC#N. The number of benzene rings is 2. The van der Waals surface area contributed by atoms with Gasteiger partial charge in [-0.15, -0.1) is 0 Å². The monoisotopic (exact) mass is 683 g/mol. The van der Waals surface area contributed by atoms with Crippen LogP contribution in [0.5, 0.6) is 6.01 Å². The molecule has 0 bridgehead atoms. The summed E-state index contributed by atoms with van der Waals surface area (Å²) < 4.78 is 17.3. The lowest BCUT2D eigenvalue weighted by atomic mass is 9.99. The van der Waals surface area contributed by atoms with Gasteiger partial charge >= 0.3 is 6.01 Å². The summed E-state index contributed by atoms with van der Waals surface area (Å²) in [5.74, 6) is 0.772. The van der Waals surface area contributed by atoms with Crippen LogP contribution in [0, 0.1) is 18.3 Å². The Morgan fingerprint density at radius 2 is 1.94 bits per heavy atom. The number of amides is 1. The van der Waals surface area contributed by atoms with Crippen molar-refractivity contribution in [2.24, 2.45) is 0 Å². The third-order valence-electron chi connectivity index (χ3n) is 10.7. The van der Waals surface area contributed by atoms with Gasteiger partial charge in [0.1, 0.15) is 12.4 Å². The third kappa shape index (κ3) is 7.03. The molecule has 3 aliphatic rings. The lowest BCUT2D eigenvalue weighted by Gasteiger charge is -2.49. The molecule has 2 fully saturated rings. The molecule has 0 N–H and O–H groups in total. The van der Waals surface area contributed by atoms with E-state index in [0.717, 1.165) is 43.0 Å². The quantitative estimate of drug-likeness (QED) is 0.234. The molecule has 0 aliphatic carbocycles. The van der Waals surface area contributed by atoms with E-state index in [9.17, 15) is 10.1 Å². The average molecular weight is 684 g/mol. The van der Waals surface area contributed by atoms with Crippen LogP contribution in [0.4, 0.5) is 11.5 Å². The van der Waals surface area contributed by atoms with E-state index >= 15 is 0 Å². The van der Waals surface area contributed by atoms with Crippen LogP contribution in [0.15, 0.2) is 48.6 Å². The fourth-order valence-corrected chi connectivity index (χ4v) is 8.74. The van der Waals surface area contributed by atoms with Crippen molar-refractivity contribution in [2.45, 2.75) is 56.5 Å². The molecule has 260 valence electrons. The summed E-state index contributed by atoms with van der Waals surface area (Å²) in [5, 5.41) is 11.8. The number of fused-ring (bicyclic) bond motifs is 2. The van der Waals surface area contributed by atoms with Crippen molar-refractivity contribution in [3.8, 4) is 12.1 Å². The number of likely N-dealkylation sites (tertiary alicyclic amines) is 1. The molecule has 2 aromatic carbocycles. The molecule has 1 aromatic heterocycles. The summed E-state index contributed by atoms with van der Waals surface area (Å²) in [4.78, 5) is 32.4. The molecular formula is C37H49N7O4Si. The molecule has 3 aromatic rings. The molecule has 3 aliphatic heterocycles. The number of ether oxygens (including phenoxy) is 3. The normalized spacial score (nSPS) is 24.5. The Bertz CT molecular complexity index is 1760. The Labute approximate surface area is 292 Å². The van der Waals surface area contributed by atoms with E-state index in [1.54, 1.807) is 26.4 Å². The smallest absolute Gasteiger partial charge is 0.318 e. The highest BCUT2D eigenvalue weighted by atomic mass is 28.1. The Kier molecular flexibility index (Phi) is 10.3.